The number of hydrogen-bond donors (Lipinski definition) is 0. The Hall–Kier alpha value is -2.24. The molecular formula is C13H15NO5. The lowest BCUT2D eigenvalue weighted by atomic mass is 10.0. The van der Waals surface area contributed by atoms with Crippen molar-refractivity contribution in [1.29, 1.82) is 0 Å². The fraction of sp³-hybridized carbons (Fsp3) is 0.385. The van der Waals surface area contributed by atoms with E-state index in [4.69, 9.17) is 14.3 Å². The minimum Gasteiger partial charge on any atom is -0.497 e. The van der Waals surface area contributed by atoms with Crippen molar-refractivity contribution in [2.75, 3.05) is 13.7 Å². The molecule has 0 radical (unpaired) electrons. The van der Waals surface area contributed by atoms with E-state index in [1.54, 1.807) is 38.3 Å². The van der Waals surface area contributed by atoms with Crippen LogP contribution in [0.2, 0.25) is 0 Å². The van der Waals surface area contributed by atoms with Crippen molar-refractivity contribution < 1.29 is 24.0 Å². The van der Waals surface area contributed by atoms with Crippen LogP contribution in [0.5, 0.6) is 5.75 Å². The maximum Gasteiger partial charge on any atom is 0.405 e. The molecule has 1 aliphatic rings. The second kappa shape index (κ2) is 5.60. The smallest absolute Gasteiger partial charge is 0.405 e. The van der Waals surface area contributed by atoms with E-state index >= 15 is 0 Å². The first-order valence-electron chi connectivity index (χ1n) is 5.96. The molecule has 1 aromatic rings. The Morgan fingerprint density at radius 3 is 2.74 bits per heavy atom. The Kier molecular flexibility index (Phi) is 3.89. The fourth-order valence-electron chi connectivity index (χ4n) is 1.84. The van der Waals surface area contributed by atoms with Crippen molar-refractivity contribution >= 4 is 11.7 Å². The molecule has 0 spiro atoms. The van der Waals surface area contributed by atoms with Crippen LogP contribution in [0.3, 0.4) is 0 Å². The summed E-state index contributed by atoms with van der Waals surface area (Å²) in [4.78, 5) is 16.9. The molecular weight excluding hydrogens is 250 g/mol. The molecule has 1 aromatic carbocycles. The Bertz CT molecular complexity index is 494. The molecule has 1 heterocycles. The molecule has 6 nitrogen and oxygen atoms in total. The Morgan fingerprint density at radius 1 is 1.47 bits per heavy atom. The molecule has 0 saturated carbocycles. The monoisotopic (exact) mass is 265 g/mol. The number of hydrogen-bond acceptors (Lipinski definition) is 5. The van der Waals surface area contributed by atoms with E-state index in [0.717, 1.165) is 11.3 Å². The number of benzene rings is 1. The summed E-state index contributed by atoms with van der Waals surface area (Å²) in [6.45, 7) is 1.91. The summed E-state index contributed by atoms with van der Waals surface area (Å²) in [5, 5.41) is 11.5. The van der Waals surface area contributed by atoms with Gasteiger partial charge in [0.2, 0.25) is 0 Å². The molecule has 19 heavy (non-hydrogen) atoms. The quantitative estimate of drug-likeness (QED) is 0.610. The van der Waals surface area contributed by atoms with E-state index < -0.39 is 12.1 Å². The van der Waals surface area contributed by atoms with E-state index in [1.165, 1.54) is 0 Å². The van der Waals surface area contributed by atoms with Gasteiger partial charge in [-0.1, -0.05) is 12.1 Å². The highest BCUT2D eigenvalue weighted by Crippen LogP contribution is 2.28. The summed E-state index contributed by atoms with van der Waals surface area (Å²) in [5.41, 5.74) is 0.795. The second-order valence-electron chi connectivity index (χ2n) is 4.00. The zero-order chi connectivity index (χ0) is 13.8. The number of ether oxygens (including phenoxy) is 2. The minimum absolute atomic E-state index is 0.0114. The molecule has 0 saturated heterocycles. The van der Waals surface area contributed by atoms with Gasteiger partial charge in [0.1, 0.15) is 11.9 Å². The van der Waals surface area contributed by atoms with Gasteiger partial charge in [-0.3, -0.25) is 5.21 Å². The number of carbonyl (C=O) groups excluding carboxylic acids is 1. The van der Waals surface area contributed by atoms with Crippen LogP contribution in [0.25, 0.3) is 0 Å². The topological polar surface area (TPSA) is 70.8 Å². The van der Waals surface area contributed by atoms with E-state index in [1.807, 2.05) is 0 Å². The molecule has 0 aliphatic carbocycles. The molecule has 0 amide bonds. The van der Waals surface area contributed by atoms with Gasteiger partial charge in [-0.25, -0.2) is 4.79 Å². The van der Waals surface area contributed by atoms with Crippen molar-refractivity contribution in [3.05, 3.63) is 35.0 Å². The van der Waals surface area contributed by atoms with Gasteiger partial charge >= 0.3 is 11.7 Å². The molecule has 0 fully saturated rings. The number of rotatable bonds is 4. The first-order chi connectivity index (χ1) is 9.15. The van der Waals surface area contributed by atoms with E-state index in [0.29, 0.717) is 0 Å². The average molecular weight is 265 g/mol. The molecule has 6 heteroatoms. The van der Waals surface area contributed by atoms with Crippen LogP contribution < -0.4 is 4.74 Å². The summed E-state index contributed by atoms with van der Waals surface area (Å²) in [7, 11) is 1.58. The SMILES string of the molecule is CCOC(=O)C1=[N+]([O-])OC(c2ccc(OC)cc2)C1. The third-order valence-electron chi connectivity index (χ3n) is 2.82. The summed E-state index contributed by atoms with van der Waals surface area (Å²) in [6, 6.07) is 7.14. The molecule has 2 rings (SSSR count). The molecule has 1 unspecified atom stereocenters. The normalized spacial score (nSPS) is 18.1. The first kappa shape index (κ1) is 13.2. The van der Waals surface area contributed by atoms with Gasteiger partial charge in [-0.15, -0.1) is 0 Å². The Balaban J connectivity index is 2.08. The third kappa shape index (κ3) is 2.78. The van der Waals surface area contributed by atoms with Gasteiger partial charge in [0.15, 0.2) is 0 Å². The molecule has 0 N–H and O–H groups in total. The van der Waals surface area contributed by atoms with Gasteiger partial charge in [0.05, 0.1) is 20.1 Å². The number of carbonyl (C=O) groups is 1. The van der Waals surface area contributed by atoms with Gasteiger partial charge in [0, 0.05) is 4.90 Å². The van der Waals surface area contributed by atoms with Crippen molar-refractivity contribution in [2.45, 2.75) is 19.4 Å². The first-order valence-corrected chi connectivity index (χ1v) is 5.96. The average Bonchev–Trinajstić information content (AvgIpc) is 2.81. The number of nitrogens with zero attached hydrogens (tertiary/aromatic N) is 1. The summed E-state index contributed by atoms with van der Waals surface area (Å²) in [5.74, 6) is 0.0869. The van der Waals surface area contributed by atoms with Gasteiger partial charge in [0.25, 0.3) is 0 Å². The number of esters is 1. The van der Waals surface area contributed by atoms with Crippen LogP contribution in [0, 0.1) is 5.21 Å². The van der Waals surface area contributed by atoms with Crippen LogP contribution in [-0.4, -0.2) is 30.3 Å². The molecule has 1 aliphatic heterocycles. The molecule has 1 atom stereocenters. The lowest BCUT2D eigenvalue weighted by molar-refractivity contribution is -0.742. The zero-order valence-corrected chi connectivity index (χ0v) is 10.8. The maximum atomic E-state index is 11.5. The van der Waals surface area contributed by atoms with Gasteiger partial charge in [-0.2, -0.15) is 0 Å². The van der Waals surface area contributed by atoms with E-state index in [-0.39, 0.29) is 23.6 Å². The van der Waals surface area contributed by atoms with Crippen molar-refractivity contribution in [3.8, 4) is 5.75 Å². The standard InChI is InChI=1S/C13H15NO5/c1-3-18-13(15)11-8-12(19-14(11)16)9-4-6-10(17-2)7-5-9/h4-7,12H,3,8H2,1-2H3. The van der Waals surface area contributed by atoms with Gasteiger partial charge in [-0.05, 0) is 24.6 Å². The lowest BCUT2D eigenvalue weighted by Gasteiger charge is -2.11. The molecule has 0 aromatic heterocycles. The lowest BCUT2D eigenvalue weighted by Crippen LogP contribution is -2.21. The van der Waals surface area contributed by atoms with Crippen LogP contribution >= 0.6 is 0 Å². The minimum atomic E-state index is -0.631. The van der Waals surface area contributed by atoms with Crippen LogP contribution in [-0.2, 0) is 14.4 Å². The third-order valence-corrected chi connectivity index (χ3v) is 2.82. The summed E-state index contributed by atoms with van der Waals surface area (Å²) >= 11 is 0. The van der Waals surface area contributed by atoms with Gasteiger partial charge < -0.3 is 14.3 Å². The highest BCUT2D eigenvalue weighted by molar-refractivity contribution is 6.34. The van der Waals surface area contributed by atoms with Crippen molar-refractivity contribution in [1.82, 2.24) is 0 Å². The summed E-state index contributed by atoms with van der Waals surface area (Å²) < 4.78 is 9.85. The Labute approximate surface area is 110 Å². The van der Waals surface area contributed by atoms with Crippen LogP contribution in [0.4, 0.5) is 0 Å². The highest BCUT2D eigenvalue weighted by Gasteiger charge is 2.35. The predicted molar refractivity (Wildman–Crippen MR) is 66.7 cm³/mol. The zero-order valence-electron chi connectivity index (χ0n) is 10.8. The van der Waals surface area contributed by atoms with Crippen molar-refractivity contribution in [3.63, 3.8) is 0 Å². The van der Waals surface area contributed by atoms with Crippen LogP contribution in [0.15, 0.2) is 24.3 Å². The predicted octanol–water partition coefficient (Wildman–Crippen LogP) is 1.59. The van der Waals surface area contributed by atoms with E-state index in [9.17, 15) is 10.0 Å². The highest BCUT2D eigenvalue weighted by atomic mass is 16.9. The fourth-order valence-corrected chi connectivity index (χ4v) is 1.84. The molecule has 102 valence electrons. The summed E-state index contributed by atoms with van der Waals surface area (Å²) in [6.07, 6.45) is -0.267. The Morgan fingerprint density at radius 2 is 2.16 bits per heavy atom. The largest absolute Gasteiger partial charge is 0.497 e. The molecule has 0 bridgehead atoms. The van der Waals surface area contributed by atoms with Crippen LogP contribution in [0.1, 0.15) is 25.0 Å². The van der Waals surface area contributed by atoms with E-state index in [2.05, 4.69) is 0 Å². The maximum absolute atomic E-state index is 11.5. The number of methoxy groups -OCH3 is 1. The van der Waals surface area contributed by atoms with Crippen molar-refractivity contribution in [2.24, 2.45) is 0 Å². The second-order valence-corrected chi connectivity index (χ2v) is 4.00.